The maximum Gasteiger partial charge on any atom is 0.262 e. The van der Waals surface area contributed by atoms with E-state index in [4.69, 9.17) is 16.3 Å². The number of hydrogen-bond donors (Lipinski definition) is 3. The number of ether oxygens (including phenoxy) is 1. The molecule has 1 amide bonds. The van der Waals surface area contributed by atoms with E-state index in [0.717, 1.165) is 11.3 Å². The summed E-state index contributed by atoms with van der Waals surface area (Å²) in [6.07, 6.45) is 2.08. The van der Waals surface area contributed by atoms with Gasteiger partial charge < -0.3 is 15.2 Å². The Labute approximate surface area is 157 Å². The average Bonchev–Trinajstić information content (AvgIpc) is 2.62. The summed E-state index contributed by atoms with van der Waals surface area (Å²) in [6, 6.07) is 9.82. The first-order valence-electron chi connectivity index (χ1n) is 8.17. The van der Waals surface area contributed by atoms with Gasteiger partial charge in [0, 0.05) is 10.7 Å². The predicted octanol–water partition coefficient (Wildman–Crippen LogP) is 3.70. The molecule has 0 aliphatic rings. The molecule has 2 aromatic carbocycles. The number of nitrogens with zero attached hydrogens (tertiary/aromatic N) is 1. The van der Waals surface area contributed by atoms with E-state index in [1.54, 1.807) is 18.2 Å². The Balaban J connectivity index is 2.00. The highest BCUT2D eigenvalue weighted by Gasteiger charge is 2.16. The lowest BCUT2D eigenvalue weighted by atomic mass is 10.1. The number of aromatic hydroxyl groups is 1. The van der Waals surface area contributed by atoms with Crippen molar-refractivity contribution >= 4 is 29.4 Å². The average molecular weight is 376 g/mol. The summed E-state index contributed by atoms with van der Waals surface area (Å²) in [5, 5.41) is 17.4. The fourth-order valence-corrected chi connectivity index (χ4v) is 2.58. The molecule has 0 bridgehead atoms. The second kappa shape index (κ2) is 9.10. The number of aryl methyl sites for hydroxylation is 1. The molecule has 1 atom stereocenters. The van der Waals surface area contributed by atoms with E-state index in [9.17, 15) is 9.90 Å². The number of methoxy groups -OCH3 is 1. The van der Waals surface area contributed by atoms with Gasteiger partial charge in [0.05, 0.1) is 13.3 Å². The van der Waals surface area contributed by atoms with Gasteiger partial charge in [-0.15, -0.1) is 0 Å². The number of anilines is 1. The number of nitrogens with one attached hydrogen (secondary N) is 2. The third-order valence-corrected chi connectivity index (χ3v) is 4.07. The standard InChI is InChI=1S/C19H22ClN3O3/c1-4-15(22-16-7-6-14(20)9-12(16)2)19(25)23-21-11-13-5-8-17(24)18(10-13)26-3/h5-11,15,22,24H,4H2,1-3H3,(H,23,25)/t15-/m1/s1. The Morgan fingerprint density at radius 2 is 2.12 bits per heavy atom. The van der Waals surface area contributed by atoms with E-state index in [0.29, 0.717) is 22.8 Å². The van der Waals surface area contributed by atoms with Crippen LogP contribution in [0, 0.1) is 6.92 Å². The Morgan fingerprint density at radius 1 is 1.35 bits per heavy atom. The third kappa shape index (κ3) is 5.13. The normalized spacial score (nSPS) is 12.0. The highest BCUT2D eigenvalue weighted by molar-refractivity contribution is 6.30. The van der Waals surface area contributed by atoms with Crippen LogP contribution in [0.2, 0.25) is 5.02 Å². The molecule has 0 saturated carbocycles. The molecular formula is C19H22ClN3O3. The summed E-state index contributed by atoms with van der Waals surface area (Å²) in [4.78, 5) is 12.3. The minimum atomic E-state index is -0.429. The molecule has 0 spiro atoms. The molecule has 138 valence electrons. The summed E-state index contributed by atoms with van der Waals surface area (Å²) in [5.41, 5.74) is 5.03. The quantitative estimate of drug-likeness (QED) is 0.509. The molecular weight excluding hydrogens is 354 g/mol. The number of carbonyl (C=O) groups is 1. The van der Waals surface area contributed by atoms with Crippen molar-refractivity contribution in [1.29, 1.82) is 0 Å². The van der Waals surface area contributed by atoms with Crippen molar-refractivity contribution in [3.63, 3.8) is 0 Å². The van der Waals surface area contributed by atoms with Gasteiger partial charge in [0.25, 0.3) is 5.91 Å². The molecule has 7 heteroatoms. The van der Waals surface area contributed by atoms with Gasteiger partial charge in [-0.1, -0.05) is 18.5 Å². The minimum absolute atomic E-state index is 0.0438. The Kier molecular flexibility index (Phi) is 6.86. The molecule has 0 aliphatic carbocycles. The van der Waals surface area contributed by atoms with E-state index in [-0.39, 0.29) is 11.7 Å². The molecule has 26 heavy (non-hydrogen) atoms. The van der Waals surface area contributed by atoms with Gasteiger partial charge in [-0.3, -0.25) is 4.79 Å². The highest BCUT2D eigenvalue weighted by Crippen LogP contribution is 2.25. The van der Waals surface area contributed by atoms with Crippen molar-refractivity contribution in [2.45, 2.75) is 26.3 Å². The Hall–Kier alpha value is -2.73. The lowest BCUT2D eigenvalue weighted by molar-refractivity contribution is -0.121. The van der Waals surface area contributed by atoms with Crippen LogP contribution in [0.4, 0.5) is 5.69 Å². The lowest BCUT2D eigenvalue weighted by Gasteiger charge is -2.18. The molecule has 2 rings (SSSR count). The molecule has 2 aromatic rings. The monoisotopic (exact) mass is 375 g/mol. The van der Waals surface area contributed by atoms with Gasteiger partial charge in [-0.2, -0.15) is 5.10 Å². The van der Waals surface area contributed by atoms with Gasteiger partial charge in [0.1, 0.15) is 6.04 Å². The van der Waals surface area contributed by atoms with Crippen molar-refractivity contribution in [1.82, 2.24) is 5.43 Å². The van der Waals surface area contributed by atoms with Crippen molar-refractivity contribution in [3.05, 3.63) is 52.5 Å². The summed E-state index contributed by atoms with van der Waals surface area (Å²) in [7, 11) is 1.47. The molecule has 0 aliphatic heterocycles. The van der Waals surface area contributed by atoms with E-state index < -0.39 is 6.04 Å². The second-order valence-corrected chi connectivity index (χ2v) is 6.17. The number of benzene rings is 2. The summed E-state index contributed by atoms with van der Waals surface area (Å²) >= 11 is 5.96. The number of halogens is 1. The highest BCUT2D eigenvalue weighted by atomic mass is 35.5. The summed E-state index contributed by atoms with van der Waals surface area (Å²) in [6.45, 7) is 3.84. The van der Waals surface area contributed by atoms with E-state index in [1.165, 1.54) is 19.4 Å². The molecule has 0 radical (unpaired) electrons. The second-order valence-electron chi connectivity index (χ2n) is 5.73. The molecule has 0 heterocycles. The van der Waals surface area contributed by atoms with Crippen molar-refractivity contribution in [3.8, 4) is 11.5 Å². The molecule has 6 nitrogen and oxygen atoms in total. The van der Waals surface area contributed by atoms with Crippen LogP contribution in [0.1, 0.15) is 24.5 Å². The van der Waals surface area contributed by atoms with Gasteiger partial charge in [-0.25, -0.2) is 5.43 Å². The van der Waals surface area contributed by atoms with Crippen molar-refractivity contribution in [2.24, 2.45) is 5.10 Å². The van der Waals surface area contributed by atoms with Gasteiger partial charge in [-0.05, 0) is 60.9 Å². The smallest absolute Gasteiger partial charge is 0.262 e. The maximum absolute atomic E-state index is 12.3. The van der Waals surface area contributed by atoms with Gasteiger partial charge >= 0.3 is 0 Å². The van der Waals surface area contributed by atoms with Crippen LogP contribution < -0.4 is 15.5 Å². The first-order valence-corrected chi connectivity index (χ1v) is 8.55. The van der Waals surface area contributed by atoms with Gasteiger partial charge in [0.15, 0.2) is 11.5 Å². The first kappa shape index (κ1) is 19.6. The van der Waals surface area contributed by atoms with E-state index in [1.807, 2.05) is 26.0 Å². The predicted molar refractivity (Wildman–Crippen MR) is 104 cm³/mol. The molecule has 0 fully saturated rings. The number of hydrazone groups is 1. The summed E-state index contributed by atoms with van der Waals surface area (Å²) in [5.74, 6) is 0.137. The van der Waals surface area contributed by atoms with Crippen LogP contribution in [0.5, 0.6) is 11.5 Å². The number of phenols is 1. The largest absolute Gasteiger partial charge is 0.504 e. The first-order chi connectivity index (χ1) is 12.4. The fraction of sp³-hybridized carbons (Fsp3) is 0.263. The van der Waals surface area contributed by atoms with Crippen LogP contribution in [0.3, 0.4) is 0 Å². The van der Waals surface area contributed by atoms with Crippen LogP contribution in [-0.2, 0) is 4.79 Å². The molecule has 0 saturated heterocycles. The Bertz CT molecular complexity index is 809. The number of phenolic OH excluding ortho intramolecular Hbond substituents is 1. The molecule has 0 aromatic heterocycles. The maximum atomic E-state index is 12.3. The molecule has 0 unspecified atom stereocenters. The van der Waals surface area contributed by atoms with Crippen LogP contribution >= 0.6 is 11.6 Å². The van der Waals surface area contributed by atoms with Crippen LogP contribution in [0.25, 0.3) is 0 Å². The SMILES string of the molecule is CC[C@@H](Nc1ccc(Cl)cc1C)C(=O)NN=Cc1ccc(O)c(OC)c1. The van der Waals surface area contributed by atoms with Crippen LogP contribution in [0.15, 0.2) is 41.5 Å². The zero-order chi connectivity index (χ0) is 19.1. The fourth-order valence-electron chi connectivity index (χ4n) is 2.35. The lowest BCUT2D eigenvalue weighted by Crippen LogP contribution is -2.37. The van der Waals surface area contributed by atoms with Crippen molar-refractivity contribution in [2.75, 3.05) is 12.4 Å². The Morgan fingerprint density at radius 3 is 2.77 bits per heavy atom. The third-order valence-electron chi connectivity index (χ3n) is 3.84. The van der Waals surface area contributed by atoms with Crippen molar-refractivity contribution < 1.29 is 14.6 Å². The van der Waals surface area contributed by atoms with Gasteiger partial charge in [0.2, 0.25) is 0 Å². The van der Waals surface area contributed by atoms with Crippen LogP contribution in [-0.4, -0.2) is 30.4 Å². The number of hydrogen-bond acceptors (Lipinski definition) is 5. The zero-order valence-corrected chi connectivity index (χ0v) is 15.7. The number of amides is 1. The topological polar surface area (TPSA) is 83.0 Å². The molecule has 3 N–H and O–H groups in total. The number of carbonyl (C=O) groups excluding carboxylic acids is 1. The minimum Gasteiger partial charge on any atom is -0.504 e. The van der Waals surface area contributed by atoms with E-state index >= 15 is 0 Å². The zero-order valence-electron chi connectivity index (χ0n) is 14.9. The summed E-state index contributed by atoms with van der Waals surface area (Å²) < 4.78 is 5.04. The van der Waals surface area contributed by atoms with E-state index in [2.05, 4.69) is 15.8 Å². The number of rotatable bonds is 7.